The van der Waals surface area contributed by atoms with Gasteiger partial charge in [0.05, 0.1) is 22.5 Å². The van der Waals surface area contributed by atoms with Gasteiger partial charge in [0, 0.05) is 30.9 Å². The van der Waals surface area contributed by atoms with Crippen molar-refractivity contribution >= 4 is 40.0 Å². The summed E-state index contributed by atoms with van der Waals surface area (Å²) in [6, 6.07) is 26.3. The molecule has 0 unspecified atom stereocenters. The minimum Gasteiger partial charge on any atom is -0.337 e. The Morgan fingerprint density at radius 2 is 1.73 bits per heavy atom. The number of carbonyl (C=O) groups excluding carboxylic acids is 1. The zero-order valence-corrected chi connectivity index (χ0v) is 25.9. The fourth-order valence-electron chi connectivity index (χ4n) is 5.87. The monoisotopic (exact) mass is 621 g/mol. The average molecular weight is 622 g/mol. The van der Waals surface area contributed by atoms with Crippen LogP contribution in [0.5, 0.6) is 0 Å². The van der Waals surface area contributed by atoms with Crippen LogP contribution in [0.25, 0.3) is 16.7 Å². The molecule has 0 aliphatic carbocycles. The number of piperidine rings is 1. The van der Waals surface area contributed by atoms with Gasteiger partial charge in [-0.3, -0.25) is 13.9 Å². The molecule has 0 bridgehead atoms. The van der Waals surface area contributed by atoms with Crippen LogP contribution in [0.1, 0.15) is 51.3 Å². The van der Waals surface area contributed by atoms with Gasteiger partial charge in [0.2, 0.25) is 0 Å². The largest absolute Gasteiger partial charge is 0.337 e. The number of para-hydroxylation sites is 3. The predicted octanol–water partition coefficient (Wildman–Crippen LogP) is 6.04. The van der Waals surface area contributed by atoms with Gasteiger partial charge < -0.3 is 9.88 Å². The Hall–Kier alpha value is -4.48. The van der Waals surface area contributed by atoms with Crippen LogP contribution in [-0.2, 0) is 12.2 Å². The number of hydrogen-bond donors (Lipinski definition) is 1. The first-order chi connectivity index (χ1) is 21.5. The number of nitrogens with zero attached hydrogens (tertiary/aromatic N) is 6. The Bertz CT molecular complexity index is 1980. The lowest BCUT2D eigenvalue weighted by atomic mass is 10.0. The molecule has 1 saturated heterocycles. The average Bonchev–Trinajstić information content (AvgIpc) is 3.77. The van der Waals surface area contributed by atoms with Gasteiger partial charge in [-0.05, 0) is 49.1 Å². The normalized spacial score (nSPS) is 14.0. The summed E-state index contributed by atoms with van der Waals surface area (Å²) in [6.45, 7) is 3.26. The van der Waals surface area contributed by atoms with Gasteiger partial charge >= 0.3 is 5.69 Å². The van der Waals surface area contributed by atoms with Crippen LogP contribution in [0.3, 0.4) is 0 Å². The summed E-state index contributed by atoms with van der Waals surface area (Å²) in [5, 5.41) is 12.6. The molecule has 1 aliphatic rings. The number of amides is 1. The lowest BCUT2D eigenvalue weighted by Gasteiger charge is -2.32. The zero-order chi connectivity index (χ0) is 30.0. The fraction of sp³-hybridized carbons (Fsp3) is 0.242. The number of aryl methyl sites for hydroxylation is 1. The van der Waals surface area contributed by atoms with Gasteiger partial charge in [-0.2, -0.15) is 0 Å². The summed E-state index contributed by atoms with van der Waals surface area (Å²) in [5.74, 6) is 1.40. The molecule has 1 aliphatic heterocycles. The molecule has 11 heteroatoms. The van der Waals surface area contributed by atoms with Gasteiger partial charge in [-0.25, -0.2) is 9.78 Å². The van der Waals surface area contributed by atoms with Crippen molar-refractivity contribution in [2.75, 3.05) is 13.1 Å². The van der Waals surface area contributed by atoms with E-state index in [2.05, 4.69) is 50.9 Å². The number of hydrogen-bond acceptors (Lipinski definition) is 7. The zero-order valence-electron chi connectivity index (χ0n) is 24.2. The number of carbonyl (C=O) groups is 1. The van der Waals surface area contributed by atoms with E-state index in [-0.39, 0.29) is 17.6 Å². The maximum atomic E-state index is 13.4. The second kappa shape index (κ2) is 12.3. The summed E-state index contributed by atoms with van der Waals surface area (Å²) in [6.07, 6.45) is 2.12. The maximum Gasteiger partial charge on any atom is 0.326 e. The van der Waals surface area contributed by atoms with Crippen molar-refractivity contribution < 1.29 is 4.79 Å². The topological polar surface area (TPSA) is 102 Å². The van der Waals surface area contributed by atoms with Crippen molar-refractivity contribution in [1.82, 2.24) is 34.2 Å². The number of nitrogens with one attached hydrogen (secondary N) is 1. The molecule has 1 N–H and O–H groups in total. The second-order valence-corrected chi connectivity index (χ2v) is 12.8. The van der Waals surface area contributed by atoms with Crippen LogP contribution in [0.4, 0.5) is 0 Å². The molecule has 0 saturated carbocycles. The van der Waals surface area contributed by atoms with Gasteiger partial charge in [0.15, 0.2) is 5.16 Å². The number of aromatic amines is 1. The number of likely N-dealkylation sites (tertiary alicyclic amines) is 1. The van der Waals surface area contributed by atoms with E-state index in [0.717, 1.165) is 51.1 Å². The first-order valence-corrected chi connectivity index (χ1v) is 16.5. The van der Waals surface area contributed by atoms with Crippen molar-refractivity contribution in [3.8, 4) is 5.69 Å². The van der Waals surface area contributed by atoms with Crippen molar-refractivity contribution in [2.45, 2.75) is 43.1 Å². The highest BCUT2D eigenvalue weighted by Crippen LogP contribution is 2.30. The molecule has 9 nitrogen and oxygen atoms in total. The molecule has 44 heavy (non-hydrogen) atoms. The van der Waals surface area contributed by atoms with Gasteiger partial charge in [0.25, 0.3) is 5.91 Å². The highest BCUT2D eigenvalue weighted by Gasteiger charge is 2.28. The Balaban J connectivity index is 1.03. The standard InChI is InChI=1S/C33H31N7O2S2/c1-22-9-5-7-13-27(22)40-29(19-23-10-3-2-4-11-23)36-37-33(40)44-21-30-34-26(20-43-30)31(41)38-17-15-24(16-18-38)39-28-14-8-6-12-25(28)35-32(39)42/h2-14,20,24H,15-19,21H2,1H3,(H,35,42). The summed E-state index contributed by atoms with van der Waals surface area (Å²) in [5.41, 5.74) is 5.50. The molecule has 7 rings (SSSR count). The van der Waals surface area contributed by atoms with Crippen LogP contribution in [0.2, 0.25) is 0 Å². The second-order valence-electron chi connectivity index (χ2n) is 10.9. The van der Waals surface area contributed by atoms with E-state index in [1.165, 1.54) is 16.9 Å². The smallest absolute Gasteiger partial charge is 0.326 e. The van der Waals surface area contributed by atoms with Crippen molar-refractivity contribution in [2.24, 2.45) is 0 Å². The van der Waals surface area contributed by atoms with E-state index in [1.807, 2.05) is 69.4 Å². The Kier molecular flexibility index (Phi) is 7.88. The fourth-order valence-corrected chi connectivity index (χ4v) is 7.62. The number of thiazole rings is 1. The van der Waals surface area contributed by atoms with Crippen LogP contribution < -0.4 is 5.69 Å². The predicted molar refractivity (Wildman–Crippen MR) is 174 cm³/mol. The lowest BCUT2D eigenvalue weighted by molar-refractivity contribution is 0.0689. The summed E-state index contributed by atoms with van der Waals surface area (Å²) in [7, 11) is 0. The summed E-state index contributed by atoms with van der Waals surface area (Å²) >= 11 is 3.06. The number of thioether (sulfide) groups is 1. The third-order valence-corrected chi connectivity index (χ3v) is 10.1. The molecule has 1 amide bonds. The summed E-state index contributed by atoms with van der Waals surface area (Å²) < 4.78 is 3.98. The molecule has 0 atom stereocenters. The minimum absolute atomic E-state index is 0.0579. The van der Waals surface area contributed by atoms with Gasteiger partial charge in [0.1, 0.15) is 16.5 Å². The third-order valence-electron chi connectivity index (χ3n) is 8.10. The first kappa shape index (κ1) is 28.3. The number of fused-ring (bicyclic) bond motifs is 1. The Morgan fingerprint density at radius 3 is 2.55 bits per heavy atom. The first-order valence-electron chi connectivity index (χ1n) is 14.6. The van der Waals surface area contributed by atoms with Crippen molar-refractivity contribution in [3.05, 3.63) is 122 Å². The molecule has 0 spiro atoms. The molecular weight excluding hydrogens is 591 g/mol. The summed E-state index contributed by atoms with van der Waals surface area (Å²) in [4.78, 5) is 35.5. The molecule has 3 aromatic heterocycles. The van der Waals surface area contributed by atoms with Gasteiger partial charge in [-0.1, -0.05) is 72.4 Å². The molecule has 4 heterocycles. The van der Waals surface area contributed by atoms with E-state index in [1.54, 1.807) is 11.8 Å². The SMILES string of the molecule is Cc1ccccc1-n1c(Cc2ccccc2)nnc1SCc1nc(C(=O)N2CCC(n3c(=O)[nH]c4ccccc43)CC2)cs1. The molecule has 1 fully saturated rings. The van der Waals surface area contributed by atoms with Crippen LogP contribution in [0, 0.1) is 6.92 Å². The van der Waals surface area contributed by atoms with E-state index < -0.39 is 0 Å². The van der Waals surface area contributed by atoms with E-state index in [9.17, 15) is 9.59 Å². The lowest BCUT2D eigenvalue weighted by Crippen LogP contribution is -2.40. The van der Waals surface area contributed by atoms with E-state index in [4.69, 9.17) is 4.98 Å². The van der Waals surface area contributed by atoms with Crippen LogP contribution in [-0.4, -0.2) is 53.2 Å². The third kappa shape index (κ3) is 5.60. The number of imidazole rings is 1. The molecule has 0 radical (unpaired) electrons. The Labute approximate surface area is 262 Å². The quantitative estimate of drug-likeness (QED) is 0.208. The van der Waals surface area contributed by atoms with Crippen LogP contribution >= 0.6 is 23.1 Å². The van der Waals surface area contributed by atoms with Gasteiger partial charge in [-0.15, -0.1) is 21.5 Å². The molecule has 6 aromatic rings. The highest BCUT2D eigenvalue weighted by molar-refractivity contribution is 7.98. The molecular formula is C33H31N7O2S2. The highest BCUT2D eigenvalue weighted by atomic mass is 32.2. The maximum absolute atomic E-state index is 13.4. The number of rotatable bonds is 8. The number of aromatic nitrogens is 6. The molecule has 222 valence electrons. The minimum atomic E-state index is -0.0944. The molecule has 3 aromatic carbocycles. The number of benzene rings is 3. The van der Waals surface area contributed by atoms with Crippen molar-refractivity contribution in [3.63, 3.8) is 0 Å². The van der Waals surface area contributed by atoms with Crippen molar-refractivity contribution in [1.29, 1.82) is 0 Å². The van der Waals surface area contributed by atoms with E-state index in [0.29, 0.717) is 31.0 Å². The van der Waals surface area contributed by atoms with Crippen LogP contribution in [0.15, 0.2) is 94.2 Å². The number of H-pyrrole nitrogens is 1. The Morgan fingerprint density at radius 1 is 0.977 bits per heavy atom. The van der Waals surface area contributed by atoms with E-state index >= 15 is 0 Å².